The normalized spacial score (nSPS) is 11.6. The molecule has 0 saturated carbocycles. The Balaban J connectivity index is 1.08. The van der Waals surface area contributed by atoms with Gasteiger partial charge in [0.15, 0.2) is 0 Å². The van der Waals surface area contributed by atoms with Crippen LogP contribution >= 0.6 is 11.3 Å². The summed E-state index contributed by atoms with van der Waals surface area (Å²) in [4.78, 5) is 2.36. The van der Waals surface area contributed by atoms with E-state index in [2.05, 4.69) is 217 Å². The second kappa shape index (κ2) is 14.6. The van der Waals surface area contributed by atoms with Crippen molar-refractivity contribution in [2.45, 2.75) is 6.42 Å². The third kappa shape index (κ3) is 6.93. The number of nitrogens with zero attached hydrogens (tertiary/aromatic N) is 1. The molecule has 1 aromatic heterocycles. The monoisotopic (exact) mass is 695 g/mol. The Morgan fingerprint density at radius 3 is 1.51 bits per heavy atom. The standard InChI is InChI=1S/C51H37NS/c1-5-13-39(14-6-1)42-24-21-37(22-25-42)33-44(41-17-9-3-10-18-41)34-38-23-31-50-48(35-38)49-36-47(30-32-51(49)53-50)52(45-19-11-4-12-20-45)46-28-26-43(27-29-46)40-15-7-2-8-16-40/h1-33,35-36H,34H2/b44-33-. The lowest BCUT2D eigenvalue weighted by Gasteiger charge is -2.26. The predicted molar refractivity (Wildman–Crippen MR) is 229 cm³/mol. The van der Waals surface area contributed by atoms with E-state index in [0.717, 1.165) is 23.5 Å². The van der Waals surface area contributed by atoms with Crippen molar-refractivity contribution in [2.24, 2.45) is 0 Å². The quantitative estimate of drug-likeness (QED) is 0.136. The number of benzene rings is 8. The lowest BCUT2D eigenvalue weighted by molar-refractivity contribution is 1.29. The van der Waals surface area contributed by atoms with Crippen LogP contribution in [0.2, 0.25) is 0 Å². The zero-order valence-electron chi connectivity index (χ0n) is 29.3. The summed E-state index contributed by atoms with van der Waals surface area (Å²) in [6.07, 6.45) is 3.18. The lowest BCUT2D eigenvalue weighted by atomic mass is 9.94. The molecule has 9 rings (SSSR count). The summed E-state index contributed by atoms with van der Waals surface area (Å²) in [6, 6.07) is 74.4. The molecular formula is C51H37NS. The first-order valence-corrected chi connectivity index (χ1v) is 18.9. The molecule has 53 heavy (non-hydrogen) atoms. The van der Waals surface area contributed by atoms with Gasteiger partial charge in [0.2, 0.25) is 0 Å². The second-order valence-electron chi connectivity index (χ2n) is 13.4. The molecule has 0 fully saturated rings. The molecule has 1 nitrogen and oxygen atoms in total. The Kier molecular flexibility index (Phi) is 8.95. The van der Waals surface area contributed by atoms with Crippen molar-refractivity contribution in [1.29, 1.82) is 0 Å². The second-order valence-corrected chi connectivity index (χ2v) is 14.5. The first-order chi connectivity index (χ1) is 26.2. The first-order valence-electron chi connectivity index (χ1n) is 18.1. The maximum Gasteiger partial charge on any atom is 0.0468 e. The highest BCUT2D eigenvalue weighted by Gasteiger charge is 2.16. The summed E-state index contributed by atoms with van der Waals surface area (Å²) in [7, 11) is 0. The van der Waals surface area contributed by atoms with E-state index in [1.807, 2.05) is 11.3 Å². The molecule has 8 aromatic carbocycles. The Morgan fingerprint density at radius 1 is 0.415 bits per heavy atom. The molecule has 2 heteroatoms. The van der Waals surface area contributed by atoms with E-state index >= 15 is 0 Å². The van der Waals surface area contributed by atoms with Crippen LogP contribution in [-0.4, -0.2) is 0 Å². The SMILES string of the molecule is C(=C(\Cc1ccc2sc3ccc(N(c4ccccc4)c4ccc(-c5ccccc5)cc4)cc3c2c1)c1ccccc1)/c1ccc(-c2ccccc2)cc1. The minimum Gasteiger partial charge on any atom is -0.310 e. The maximum absolute atomic E-state index is 2.41. The van der Waals surface area contributed by atoms with Crippen molar-refractivity contribution in [1.82, 2.24) is 0 Å². The Morgan fingerprint density at radius 2 is 0.887 bits per heavy atom. The fraction of sp³-hybridized carbons (Fsp3) is 0.0196. The van der Waals surface area contributed by atoms with E-state index in [4.69, 9.17) is 0 Å². The van der Waals surface area contributed by atoms with Gasteiger partial charge in [-0.25, -0.2) is 0 Å². The third-order valence-corrected chi connectivity index (χ3v) is 11.1. The average molecular weight is 696 g/mol. The Labute approximate surface area is 315 Å². The van der Waals surface area contributed by atoms with Gasteiger partial charge in [-0.3, -0.25) is 0 Å². The minimum atomic E-state index is 0.835. The van der Waals surface area contributed by atoms with Crippen molar-refractivity contribution in [3.8, 4) is 22.3 Å². The smallest absolute Gasteiger partial charge is 0.0468 e. The van der Waals surface area contributed by atoms with Gasteiger partial charge in [-0.05, 0) is 106 Å². The number of hydrogen-bond acceptors (Lipinski definition) is 2. The molecule has 0 spiro atoms. The van der Waals surface area contributed by atoms with Gasteiger partial charge < -0.3 is 4.90 Å². The summed E-state index contributed by atoms with van der Waals surface area (Å²) >= 11 is 1.87. The molecule has 0 atom stereocenters. The number of fused-ring (bicyclic) bond motifs is 3. The van der Waals surface area contributed by atoms with Gasteiger partial charge in [-0.1, -0.05) is 158 Å². The summed E-state index contributed by atoms with van der Waals surface area (Å²) in [6.45, 7) is 0. The highest BCUT2D eigenvalue weighted by Crippen LogP contribution is 2.41. The van der Waals surface area contributed by atoms with Crippen LogP contribution in [0.5, 0.6) is 0 Å². The Hall–Kier alpha value is -6.48. The molecule has 0 N–H and O–H groups in total. The van der Waals surface area contributed by atoms with E-state index in [1.165, 1.54) is 64.7 Å². The molecule has 9 aromatic rings. The predicted octanol–water partition coefficient (Wildman–Crippen LogP) is 14.6. The minimum absolute atomic E-state index is 0.835. The molecule has 1 heterocycles. The van der Waals surface area contributed by atoms with Gasteiger partial charge in [0, 0.05) is 37.2 Å². The van der Waals surface area contributed by atoms with Gasteiger partial charge in [-0.2, -0.15) is 0 Å². The zero-order chi connectivity index (χ0) is 35.4. The summed E-state index contributed by atoms with van der Waals surface area (Å²) in [5, 5.41) is 2.59. The van der Waals surface area contributed by atoms with Crippen molar-refractivity contribution in [3.63, 3.8) is 0 Å². The third-order valence-electron chi connectivity index (χ3n) is 9.92. The molecule has 0 saturated heterocycles. The number of thiophene rings is 1. The topological polar surface area (TPSA) is 3.24 Å². The number of rotatable bonds is 9. The van der Waals surface area contributed by atoms with Crippen LogP contribution in [0, 0.1) is 0 Å². The fourth-order valence-corrected chi connectivity index (χ4v) is 8.30. The summed E-state index contributed by atoms with van der Waals surface area (Å²) in [5.74, 6) is 0. The molecule has 252 valence electrons. The molecule has 0 bridgehead atoms. The molecule has 0 aliphatic rings. The van der Waals surface area contributed by atoms with Gasteiger partial charge >= 0.3 is 0 Å². The van der Waals surface area contributed by atoms with E-state index in [0.29, 0.717) is 0 Å². The van der Waals surface area contributed by atoms with Gasteiger partial charge in [0.25, 0.3) is 0 Å². The Bertz CT molecular complexity index is 2640. The van der Waals surface area contributed by atoms with Crippen molar-refractivity contribution >= 4 is 60.2 Å². The van der Waals surface area contributed by atoms with Crippen LogP contribution in [-0.2, 0) is 6.42 Å². The van der Waals surface area contributed by atoms with Crippen molar-refractivity contribution < 1.29 is 0 Å². The zero-order valence-corrected chi connectivity index (χ0v) is 30.1. The van der Waals surface area contributed by atoms with E-state index in [-0.39, 0.29) is 0 Å². The van der Waals surface area contributed by atoms with Gasteiger partial charge in [-0.15, -0.1) is 11.3 Å². The van der Waals surface area contributed by atoms with Crippen LogP contribution in [0.4, 0.5) is 17.1 Å². The van der Waals surface area contributed by atoms with E-state index < -0.39 is 0 Å². The van der Waals surface area contributed by atoms with Gasteiger partial charge in [0.05, 0.1) is 0 Å². The molecule has 0 amide bonds. The van der Waals surface area contributed by atoms with Crippen LogP contribution < -0.4 is 4.90 Å². The first kappa shape index (κ1) is 32.4. The number of hydrogen-bond donors (Lipinski definition) is 0. The highest BCUT2D eigenvalue weighted by molar-refractivity contribution is 7.25. The van der Waals surface area contributed by atoms with Crippen LogP contribution in [0.25, 0.3) is 54.1 Å². The summed E-state index contributed by atoms with van der Waals surface area (Å²) < 4.78 is 2.60. The van der Waals surface area contributed by atoms with Crippen LogP contribution in [0.3, 0.4) is 0 Å². The van der Waals surface area contributed by atoms with E-state index in [1.54, 1.807) is 0 Å². The summed E-state index contributed by atoms with van der Waals surface area (Å²) in [5.41, 5.74) is 13.3. The van der Waals surface area contributed by atoms with E-state index in [9.17, 15) is 0 Å². The molecule has 0 aliphatic carbocycles. The molecular weight excluding hydrogens is 659 g/mol. The highest BCUT2D eigenvalue weighted by atomic mass is 32.1. The average Bonchev–Trinajstić information content (AvgIpc) is 3.60. The lowest BCUT2D eigenvalue weighted by Crippen LogP contribution is -2.09. The maximum atomic E-state index is 2.41. The molecule has 0 aliphatic heterocycles. The van der Waals surface area contributed by atoms with Gasteiger partial charge in [0.1, 0.15) is 0 Å². The molecule has 0 radical (unpaired) electrons. The fourth-order valence-electron chi connectivity index (χ4n) is 7.23. The number of anilines is 3. The molecule has 0 unspecified atom stereocenters. The van der Waals surface area contributed by atoms with Crippen LogP contribution in [0.15, 0.2) is 206 Å². The van der Waals surface area contributed by atoms with Crippen molar-refractivity contribution in [2.75, 3.05) is 4.90 Å². The van der Waals surface area contributed by atoms with Crippen LogP contribution in [0.1, 0.15) is 16.7 Å². The largest absolute Gasteiger partial charge is 0.310 e. The van der Waals surface area contributed by atoms with Crippen molar-refractivity contribution in [3.05, 3.63) is 223 Å². The number of para-hydroxylation sites is 1. The number of allylic oxidation sites excluding steroid dienone is 1.